The van der Waals surface area contributed by atoms with Crippen molar-refractivity contribution in [3.63, 3.8) is 0 Å². The molecule has 4 nitrogen and oxygen atoms in total. The minimum Gasteiger partial charge on any atom is -0.355 e. The lowest BCUT2D eigenvalue weighted by molar-refractivity contribution is -0.735. The Morgan fingerprint density at radius 1 is 1.03 bits per heavy atom. The number of aromatic nitrogens is 2. The minimum absolute atomic E-state index is 0.269. The molecule has 168 valence electrons. The van der Waals surface area contributed by atoms with Crippen molar-refractivity contribution in [2.45, 2.75) is 89.9 Å². The Balaban J connectivity index is 1.57. The van der Waals surface area contributed by atoms with Gasteiger partial charge in [-0.1, -0.05) is 40.2 Å². The van der Waals surface area contributed by atoms with Crippen LogP contribution in [0.2, 0.25) is 5.31 Å². The van der Waals surface area contributed by atoms with E-state index < -0.39 is 0 Å². The molecule has 2 aromatic rings. The maximum Gasteiger partial charge on any atom is 0.509 e. The summed E-state index contributed by atoms with van der Waals surface area (Å²) in [6.07, 6.45) is 12.1. The third kappa shape index (κ3) is 2.25. The fourth-order valence-electron chi connectivity index (χ4n) is 8.38. The van der Waals surface area contributed by atoms with Gasteiger partial charge >= 0.3 is 6.98 Å². The maximum atomic E-state index is 4.81. The molecule has 5 heterocycles. The number of nitrogens with zero attached hydrogens (tertiary/aromatic N) is 4. The zero-order chi connectivity index (χ0) is 22.1. The van der Waals surface area contributed by atoms with Crippen LogP contribution in [0.4, 0.5) is 11.6 Å². The van der Waals surface area contributed by atoms with Gasteiger partial charge in [-0.3, -0.25) is 0 Å². The van der Waals surface area contributed by atoms with Gasteiger partial charge in [0.05, 0.1) is 11.9 Å². The molecule has 6 rings (SSSR count). The van der Waals surface area contributed by atoms with Crippen LogP contribution in [-0.4, -0.2) is 25.1 Å². The number of fused-ring (bicyclic) bond motifs is 3. The van der Waals surface area contributed by atoms with Crippen LogP contribution in [0.15, 0.2) is 36.5 Å². The molecular formula is C27H38BN4+. The van der Waals surface area contributed by atoms with Crippen molar-refractivity contribution in [1.29, 1.82) is 0 Å². The Morgan fingerprint density at radius 3 is 2.53 bits per heavy atom. The zero-order valence-corrected chi connectivity index (χ0v) is 20.4. The van der Waals surface area contributed by atoms with Gasteiger partial charge in [-0.25, -0.2) is 9.55 Å². The van der Waals surface area contributed by atoms with E-state index in [9.17, 15) is 0 Å². The molecule has 1 saturated carbocycles. The molecule has 3 aliphatic heterocycles. The second-order valence-electron chi connectivity index (χ2n) is 10.8. The Morgan fingerprint density at radius 2 is 1.84 bits per heavy atom. The highest BCUT2D eigenvalue weighted by atomic mass is 15.4. The average molecular weight is 429 g/mol. The van der Waals surface area contributed by atoms with Gasteiger partial charge < -0.3 is 9.62 Å². The van der Waals surface area contributed by atoms with Crippen molar-refractivity contribution >= 4 is 18.6 Å². The van der Waals surface area contributed by atoms with E-state index in [4.69, 9.17) is 4.98 Å². The van der Waals surface area contributed by atoms with E-state index in [-0.39, 0.29) is 5.54 Å². The first-order valence-electron chi connectivity index (χ1n) is 13.1. The van der Waals surface area contributed by atoms with Crippen molar-refractivity contribution in [1.82, 2.24) is 4.98 Å². The average Bonchev–Trinajstić information content (AvgIpc) is 3.19. The van der Waals surface area contributed by atoms with E-state index in [1.54, 1.807) is 11.3 Å². The van der Waals surface area contributed by atoms with Gasteiger partial charge in [0.2, 0.25) is 0 Å². The smallest absolute Gasteiger partial charge is 0.355 e. The van der Waals surface area contributed by atoms with Crippen LogP contribution in [0, 0.1) is 5.41 Å². The summed E-state index contributed by atoms with van der Waals surface area (Å²) < 4.78 is 2.87. The second-order valence-corrected chi connectivity index (χ2v) is 10.8. The number of hydrogen-bond acceptors (Lipinski definition) is 3. The molecule has 2 unspecified atom stereocenters. The summed E-state index contributed by atoms with van der Waals surface area (Å²) in [6, 6.07) is 11.6. The first-order chi connectivity index (χ1) is 15.6. The molecule has 0 radical (unpaired) electrons. The molecule has 0 aromatic carbocycles. The molecule has 0 N–H and O–H groups in total. The minimum atomic E-state index is 0.269. The van der Waals surface area contributed by atoms with Gasteiger partial charge in [0.15, 0.2) is 0 Å². The summed E-state index contributed by atoms with van der Waals surface area (Å²) in [5.41, 5.74) is 3.80. The van der Waals surface area contributed by atoms with Crippen LogP contribution in [0.5, 0.6) is 0 Å². The van der Waals surface area contributed by atoms with Crippen molar-refractivity contribution < 1.29 is 4.57 Å². The fraction of sp³-hybridized carbons (Fsp3) is 0.630. The van der Waals surface area contributed by atoms with Crippen LogP contribution in [0.3, 0.4) is 0 Å². The molecule has 0 bridgehead atoms. The van der Waals surface area contributed by atoms with Gasteiger partial charge in [0.25, 0.3) is 5.82 Å². The van der Waals surface area contributed by atoms with Gasteiger partial charge in [-0.15, -0.1) is 0 Å². The highest BCUT2D eigenvalue weighted by molar-refractivity contribution is 6.72. The Bertz CT molecular complexity index is 1040. The third-order valence-electron chi connectivity index (χ3n) is 9.94. The fourth-order valence-corrected chi connectivity index (χ4v) is 8.38. The largest absolute Gasteiger partial charge is 0.509 e. The number of aryl methyl sites for hydroxylation is 1. The number of unbranched alkanes of at least 4 members (excludes halogenated alkanes) is 1. The monoisotopic (exact) mass is 429 g/mol. The summed E-state index contributed by atoms with van der Waals surface area (Å²) in [7, 11) is 0. The lowest BCUT2D eigenvalue weighted by atomic mass is 9.49. The van der Waals surface area contributed by atoms with Crippen LogP contribution in [0.1, 0.15) is 77.5 Å². The SMILES string of the molecule is CCCCc1cc2[n+]3c(c1)N1CCN(c4ccccn4)B1C1(CC)CC31C(CC)(CC)C2. The molecule has 2 aromatic heterocycles. The molecule has 1 spiro atoms. The molecule has 1 aliphatic carbocycles. The summed E-state index contributed by atoms with van der Waals surface area (Å²) in [4.78, 5) is 10.2. The van der Waals surface area contributed by atoms with Gasteiger partial charge in [0.1, 0.15) is 17.1 Å². The number of anilines is 2. The Labute approximate surface area is 194 Å². The number of hydrogen-bond donors (Lipinski definition) is 0. The summed E-state index contributed by atoms with van der Waals surface area (Å²) in [6.45, 7) is 12.3. The quantitative estimate of drug-likeness (QED) is 0.449. The highest BCUT2D eigenvalue weighted by Crippen LogP contribution is 2.81. The van der Waals surface area contributed by atoms with Gasteiger partial charge in [0, 0.05) is 37.1 Å². The van der Waals surface area contributed by atoms with Crippen molar-refractivity contribution in [2.75, 3.05) is 22.7 Å². The third-order valence-corrected chi connectivity index (χ3v) is 9.94. The Kier molecular flexibility index (Phi) is 4.49. The summed E-state index contributed by atoms with van der Waals surface area (Å²) >= 11 is 0. The lowest BCUT2D eigenvalue weighted by Gasteiger charge is -2.42. The molecule has 1 saturated heterocycles. The van der Waals surface area contributed by atoms with E-state index in [0.717, 1.165) is 18.9 Å². The first kappa shape index (κ1) is 20.6. The van der Waals surface area contributed by atoms with Crippen molar-refractivity contribution in [3.05, 3.63) is 47.8 Å². The summed E-state index contributed by atoms with van der Waals surface area (Å²) in [5.74, 6) is 2.66. The van der Waals surface area contributed by atoms with E-state index in [1.165, 1.54) is 57.2 Å². The van der Waals surface area contributed by atoms with Crippen LogP contribution in [-0.2, 0) is 18.4 Å². The molecule has 4 aliphatic rings. The molecule has 32 heavy (non-hydrogen) atoms. The Hall–Kier alpha value is -2.04. The molecule has 5 heteroatoms. The van der Waals surface area contributed by atoms with E-state index >= 15 is 0 Å². The molecule has 2 atom stereocenters. The molecule has 0 amide bonds. The first-order valence-corrected chi connectivity index (χ1v) is 13.1. The normalized spacial score (nSPS) is 28.6. The number of rotatable bonds is 7. The maximum absolute atomic E-state index is 4.81. The second kappa shape index (κ2) is 6.98. The van der Waals surface area contributed by atoms with Crippen molar-refractivity contribution in [3.8, 4) is 0 Å². The molecule has 2 fully saturated rings. The van der Waals surface area contributed by atoms with Gasteiger partial charge in [-0.2, -0.15) is 0 Å². The lowest BCUT2D eigenvalue weighted by Crippen LogP contribution is -2.67. The zero-order valence-electron chi connectivity index (χ0n) is 20.4. The van der Waals surface area contributed by atoms with Crippen LogP contribution < -0.4 is 14.2 Å². The van der Waals surface area contributed by atoms with E-state index in [0.29, 0.717) is 17.7 Å². The van der Waals surface area contributed by atoms with E-state index in [1.807, 2.05) is 12.3 Å². The summed E-state index contributed by atoms with van der Waals surface area (Å²) in [5, 5.41) is 0.306. The standard InChI is InChI=1S/C27H38BN4/c1-5-9-12-21-17-22-19-25(6-2,7-3)27-20-26(27,8-4)28-30(23-13-10-11-14-29-23)15-16-31(28)24(18-21)32(22)27/h10-11,13-14,17-18H,5-9,12,15-16,19-20H2,1-4H3/q+1. The predicted molar refractivity (Wildman–Crippen MR) is 132 cm³/mol. The van der Waals surface area contributed by atoms with Crippen molar-refractivity contribution in [2.24, 2.45) is 5.41 Å². The van der Waals surface area contributed by atoms with Gasteiger partial charge in [-0.05, 0) is 55.9 Å². The predicted octanol–water partition coefficient (Wildman–Crippen LogP) is 5.15. The highest BCUT2D eigenvalue weighted by Gasteiger charge is 2.90. The topological polar surface area (TPSA) is 23.2 Å². The van der Waals surface area contributed by atoms with E-state index in [2.05, 4.69) is 66.1 Å². The van der Waals surface area contributed by atoms with Crippen LogP contribution in [0.25, 0.3) is 0 Å². The van der Waals surface area contributed by atoms with Crippen LogP contribution >= 0.6 is 0 Å². The number of pyridine rings is 2. The molecular weight excluding hydrogens is 391 g/mol.